The van der Waals surface area contributed by atoms with E-state index in [1.807, 2.05) is 6.92 Å². The van der Waals surface area contributed by atoms with Crippen molar-refractivity contribution in [2.75, 3.05) is 39.8 Å². The van der Waals surface area contributed by atoms with Crippen molar-refractivity contribution in [2.24, 2.45) is 4.99 Å². The topological polar surface area (TPSA) is 30.9 Å². The average molecular weight is 522 g/mol. The molecule has 2 aliphatic rings. The van der Waals surface area contributed by atoms with Gasteiger partial charge >= 0.3 is 6.18 Å². The van der Waals surface area contributed by atoms with E-state index in [0.717, 1.165) is 56.6 Å². The van der Waals surface area contributed by atoms with Crippen molar-refractivity contribution in [3.05, 3.63) is 47.5 Å². The lowest BCUT2D eigenvalue weighted by Gasteiger charge is -2.25. The molecule has 0 amide bonds. The molecule has 162 valence electrons. The number of nitrogens with one attached hydrogen (secondary N) is 1. The van der Waals surface area contributed by atoms with Gasteiger partial charge in [-0.1, -0.05) is 37.3 Å². The third-order valence-electron chi connectivity index (χ3n) is 5.68. The van der Waals surface area contributed by atoms with Crippen LogP contribution in [0.3, 0.4) is 0 Å². The second-order valence-corrected chi connectivity index (χ2v) is 7.60. The maximum atomic E-state index is 12.9. The molecule has 2 unspecified atom stereocenters. The molecule has 8 heteroatoms. The molecule has 0 aliphatic carbocycles. The van der Waals surface area contributed by atoms with Crippen molar-refractivity contribution in [1.82, 2.24) is 15.1 Å². The van der Waals surface area contributed by atoms with E-state index in [9.17, 15) is 13.2 Å². The van der Waals surface area contributed by atoms with E-state index in [2.05, 4.69) is 32.3 Å². The number of nitrogens with zero attached hydrogens (tertiary/aromatic N) is 3. The predicted molar refractivity (Wildman–Crippen MR) is 122 cm³/mol. The summed E-state index contributed by atoms with van der Waals surface area (Å²) in [7, 11) is 1.78. The van der Waals surface area contributed by atoms with Gasteiger partial charge in [0.1, 0.15) is 0 Å². The van der Waals surface area contributed by atoms with Gasteiger partial charge in [0, 0.05) is 45.8 Å². The van der Waals surface area contributed by atoms with Crippen LogP contribution in [0.1, 0.15) is 36.8 Å². The number of hydrogen-bond acceptors (Lipinski definition) is 2. The van der Waals surface area contributed by atoms with E-state index in [0.29, 0.717) is 12.6 Å². The summed E-state index contributed by atoms with van der Waals surface area (Å²) in [6.45, 7) is 6.63. The van der Waals surface area contributed by atoms with Crippen LogP contribution >= 0.6 is 24.0 Å². The van der Waals surface area contributed by atoms with Crippen LogP contribution < -0.4 is 5.32 Å². The van der Waals surface area contributed by atoms with Crippen molar-refractivity contribution >= 4 is 29.9 Å². The van der Waals surface area contributed by atoms with Crippen molar-refractivity contribution in [3.63, 3.8) is 0 Å². The molecule has 3 rings (SSSR count). The molecule has 0 aromatic heterocycles. The summed E-state index contributed by atoms with van der Waals surface area (Å²) in [5.74, 6) is 0.917. The first kappa shape index (κ1) is 24.0. The quantitative estimate of drug-likeness (QED) is 0.270. The second-order valence-electron chi connectivity index (χ2n) is 7.60. The van der Waals surface area contributed by atoms with E-state index in [1.165, 1.54) is 12.1 Å². The minimum atomic E-state index is -4.30. The van der Waals surface area contributed by atoms with Gasteiger partial charge in [0.15, 0.2) is 5.96 Å². The number of rotatable bonds is 5. The third-order valence-corrected chi connectivity index (χ3v) is 5.68. The van der Waals surface area contributed by atoms with Crippen molar-refractivity contribution < 1.29 is 13.2 Å². The van der Waals surface area contributed by atoms with Crippen LogP contribution in [0.15, 0.2) is 41.4 Å². The lowest BCUT2D eigenvalue weighted by molar-refractivity contribution is -0.137. The normalized spacial score (nSPS) is 21.3. The number of guanidine groups is 1. The molecule has 2 atom stereocenters. The molecule has 1 aromatic carbocycles. The summed E-state index contributed by atoms with van der Waals surface area (Å²) < 4.78 is 38.7. The molecule has 0 bridgehead atoms. The molecular formula is C21H30F3IN4. The summed E-state index contributed by atoms with van der Waals surface area (Å²) in [6, 6.07) is 6.19. The number of benzene rings is 1. The first-order valence-electron chi connectivity index (χ1n) is 9.90. The van der Waals surface area contributed by atoms with Crippen LogP contribution in [0, 0.1) is 0 Å². The highest BCUT2D eigenvalue weighted by molar-refractivity contribution is 14.0. The highest BCUT2D eigenvalue weighted by Gasteiger charge is 2.31. The van der Waals surface area contributed by atoms with Crippen molar-refractivity contribution in [2.45, 2.75) is 37.9 Å². The predicted octanol–water partition coefficient (Wildman–Crippen LogP) is 4.34. The number of alkyl halides is 3. The fraction of sp³-hybridized carbons (Fsp3) is 0.571. The van der Waals surface area contributed by atoms with Gasteiger partial charge < -0.3 is 10.2 Å². The molecule has 0 spiro atoms. The molecule has 29 heavy (non-hydrogen) atoms. The molecule has 0 radical (unpaired) electrons. The molecule has 2 heterocycles. The Morgan fingerprint density at radius 3 is 2.66 bits per heavy atom. The summed E-state index contributed by atoms with van der Waals surface area (Å²) in [4.78, 5) is 9.15. The highest BCUT2D eigenvalue weighted by atomic mass is 127. The van der Waals surface area contributed by atoms with Crippen molar-refractivity contribution in [3.8, 4) is 0 Å². The van der Waals surface area contributed by atoms with Gasteiger partial charge in [-0.25, -0.2) is 0 Å². The van der Waals surface area contributed by atoms with Gasteiger partial charge in [-0.3, -0.25) is 9.89 Å². The van der Waals surface area contributed by atoms with Gasteiger partial charge in [-0.05, 0) is 30.4 Å². The van der Waals surface area contributed by atoms with Crippen LogP contribution in [0.2, 0.25) is 0 Å². The Labute approximate surface area is 188 Å². The molecule has 4 nitrogen and oxygen atoms in total. The monoisotopic (exact) mass is 522 g/mol. The molecular weight excluding hydrogens is 492 g/mol. The summed E-state index contributed by atoms with van der Waals surface area (Å²) in [5.41, 5.74) is 0.134. The number of aliphatic imine (C=N–C) groups is 1. The highest BCUT2D eigenvalue weighted by Crippen LogP contribution is 2.31. The molecule has 2 aliphatic heterocycles. The zero-order chi connectivity index (χ0) is 20.1. The third kappa shape index (κ3) is 6.34. The van der Waals surface area contributed by atoms with E-state index in [-0.39, 0.29) is 29.9 Å². The first-order valence-corrected chi connectivity index (χ1v) is 9.90. The van der Waals surface area contributed by atoms with Crippen molar-refractivity contribution in [1.29, 1.82) is 0 Å². The maximum Gasteiger partial charge on any atom is 0.416 e. The molecule has 1 fully saturated rings. The van der Waals surface area contributed by atoms with E-state index >= 15 is 0 Å². The molecule has 1 saturated heterocycles. The zero-order valence-corrected chi connectivity index (χ0v) is 19.3. The average Bonchev–Trinajstić information content (AvgIpc) is 3.36. The Hall–Kier alpha value is -1.29. The van der Waals surface area contributed by atoms with E-state index < -0.39 is 11.7 Å². The summed E-state index contributed by atoms with van der Waals surface area (Å²) in [5, 5.41) is 3.39. The Bertz CT molecular complexity index is 712. The minimum absolute atomic E-state index is 0. The van der Waals surface area contributed by atoms with Crippen LogP contribution in [-0.2, 0) is 6.18 Å². The largest absolute Gasteiger partial charge is 0.416 e. The maximum absolute atomic E-state index is 12.9. The Morgan fingerprint density at radius 1 is 1.28 bits per heavy atom. The van der Waals surface area contributed by atoms with E-state index in [4.69, 9.17) is 0 Å². The van der Waals surface area contributed by atoms with Gasteiger partial charge in [0.2, 0.25) is 0 Å². The number of halogens is 4. The lowest BCUT2D eigenvalue weighted by Crippen LogP contribution is -2.43. The van der Waals surface area contributed by atoms with E-state index in [1.54, 1.807) is 13.1 Å². The second kappa shape index (κ2) is 10.7. The minimum Gasteiger partial charge on any atom is -0.356 e. The Morgan fingerprint density at radius 2 is 2.00 bits per heavy atom. The standard InChI is InChI=1S/C21H29F3N4.HI/c1-16(17-6-5-7-18(14-17)21(22,23)24)8-10-26-20(25-2)28-13-9-19(15-28)27-11-3-4-12-27;/h3-7,14,16,19H,8-13,15H2,1-2H3,(H,25,26);1H. The lowest BCUT2D eigenvalue weighted by atomic mass is 9.96. The molecule has 1 aromatic rings. The van der Waals surface area contributed by atoms with Crippen LogP contribution in [0.4, 0.5) is 13.2 Å². The zero-order valence-electron chi connectivity index (χ0n) is 17.0. The Kier molecular flexibility index (Phi) is 8.81. The fourth-order valence-corrected chi connectivity index (χ4v) is 3.95. The van der Waals surface area contributed by atoms with Gasteiger partial charge in [-0.2, -0.15) is 13.2 Å². The Balaban J connectivity index is 0.00000300. The first-order chi connectivity index (χ1) is 13.4. The fourth-order valence-electron chi connectivity index (χ4n) is 3.95. The smallest absolute Gasteiger partial charge is 0.356 e. The molecule has 1 N–H and O–H groups in total. The van der Waals surface area contributed by atoms with Gasteiger partial charge in [0.05, 0.1) is 5.56 Å². The SMILES string of the molecule is CN=C(NCCC(C)c1cccc(C(F)(F)F)c1)N1CCC(N2CC=CC2)C1.I. The van der Waals surface area contributed by atoms with Crippen LogP contribution in [0.5, 0.6) is 0 Å². The van der Waals surface area contributed by atoms with Gasteiger partial charge in [-0.15, -0.1) is 24.0 Å². The number of likely N-dealkylation sites (tertiary alicyclic amines) is 1. The van der Waals surface area contributed by atoms with Crippen LogP contribution in [0.25, 0.3) is 0 Å². The summed E-state index contributed by atoms with van der Waals surface area (Å²) in [6.07, 6.45) is 2.00. The number of hydrogen-bond donors (Lipinski definition) is 1. The molecule has 0 saturated carbocycles. The summed E-state index contributed by atoms with van der Waals surface area (Å²) >= 11 is 0. The van der Waals surface area contributed by atoms with Crippen LogP contribution in [-0.4, -0.2) is 61.6 Å². The van der Waals surface area contributed by atoms with Gasteiger partial charge in [0.25, 0.3) is 0 Å².